The van der Waals surface area contributed by atoms with Crippen LogP contribution in [0.25, 0.3) is 10.9 Å². The Morgan fingerprint density at radius 3 is 2.76 bits per heavy atom. The van der Waals surface area contributed by atoms with E-state index in [1.54, 1.807) is 0 Å². The van der Waals surface area contributed by atoms with Gasteiger partial charge in [-0.25, -0.2) is 0 Å². The zero-order valence-electron chi connectivity index (χ0n) is 11.8. The fourth-order valence-electron chi connectivity index (χ4n) is 2.63. The van der Waals surface area contributed by atoms with Crippen LogP contribution in [0.1, 0.15) is 29.8 Å². The predicted octanol–water partition coefficient (Wildman–Crippen LogP) is 1.31. The van der Waals surface area contributed by atoms with Gasteiger partial charge in [-0.1, -0.05) is 18.2 Å². The molecule has 3 rings (SSSR count). The number of hydrogen-bond donors (Lipinski definition) is 2. The molecule has 0 saturated carbocycles. The number of H-pyrrole nitrogens is 1. The van der Waals surface area contributed by atoms with Crippen molar-refractivity contribution in [1.82, 2.24) is 20.4 Å². The Labute approximate surface area is 122 Å². The number of carbonyl (C=O) groups excluding carboxylic acids is 2. The number of nitrogens with one attached hydrogen (secondary N) is 2. The van der Waals surface area contributed by atoms with E-state index < -0.39 is 0 Å². The Hall–Kier alpha value is -2.37. The summed E-state index contributed by atoms with van der Waals surface area (Å²) in [7, 11) is 0. The van der Waals surface area contributed by atoms with E-state index in [9.17, 15) is 9.59 Å². The fraction of sp³-hybridized carbons (Fsp3) is 0.400. The highest BCUT2D eigenvalue weighted by Crippen LogP contribution is 2.14. The molecular weight excluding hydrogens is 268 g/mol. The summed E-state index contributed by atoms with van der Waals surface area (Å²) < 4.78 is 0. The molecule has 0 bridgehead atoms. The van der Waals surface area contributed by atoms with E-state index in [2.05, 4.69) is 15.5 Å². The molecule has 0 radical (unpaired) electrons. The molecule has 1 aliphatic rings. The first-order valence-electron chi connectivity index (χ1n) is 7.25. The zero-order chi connectivity index (χ0) is 14.7. The summed E-state index contributed by atoms with van der Waals surface area (Å²) in [6.45, 7) is 1.61. The van der Waals surface area contributed by atoms with Crippen LogP contribution in [0.3, 0.4) is 0 Å². The van der Waals surface area contributed by atoms with Gasteiger partial charge in [-0.2, -0.15) is 5.10 Å². The maximum absolute atomic E-state index is 12.1. The van der Waals surface area contributed by atoms with E-state index in [0.29, 0.717) is 5.69 Å². The molecule has 0 unspecified atom stereocenters. The highest BCUT2D eigenvalue weighted by atomic mass is 16.2. The van der Waals surface area contributed by atoms with Crippen LogP contribution in [0.5, 0.6) is 0 Å². The van der Waals surface area contributed by atoms with Gasteiger partial charge in [0.2, 0.25) is 5.91 Å². The lowest BCUT2D eigenvalue weighted by atomic mass is 10.1. The largest absolute Gasteiger partial charge is 0.342 e. The minimum atomic E-state index is -0.321. The molecule has 2 aromatic rings. The minimum absolute atomic E-state index is 0.0251. The topological polar surface area (TPSA) is 78.1 Å². The number of rotatable bonds is 3. The first-order chi connectivity index (χ1) is 10.3. The average Bonchev–Trinajstić information content (AvgIpc) is 2.97. The third-order valence-electron chi connectivity index (χ3n) is 3.79. The summed E-state index contributed by atoms with van der Waals surface area (Å²) in [5.74, 6) is -0.347. The highest BCUT2D eigenvalue weighted by molar-refractivity contribution is 6.05. The molecule has 1 saturated heterocycles. The number of likely N-dealkylation sites (tertiary alicyclic amines) is 1. The Bertz CT molecular complexity index is 658. The number of aromatic amines is 1. The van der Waals surface area contributed by atoms with Gasteiger partial charge in [0.15, 0.2) is 5.69 Å². The van der Waals surface area contributed by atoms with Gasteiger partial charge in [-0.15, -0.1) is 0 Å². The second-order valence-electron chi connectivity index (χ2n) is 5.24. The summed E-state index contributed by atoms with van der Waals surface area (Å²) in [6.07, 6.45) is 3.27. The molecule has 2 N–H and O–H groups in total. The van der Waals surface area contributed by atoms with Gasteiger partial charge in [0.1, 0.15) is 0 Å². The molecule has 1 fully saturated rings. The van der Waals surface area contributed by atoms with Gasteiger partial charge in [-0.05, 0) is 25.3 Å². The summed E-state index contributed by atoms with van der Waals surface area (Å²) >= 11 is 0. The Kier molecular flexibility index (Phi) is 3.85. The lowest BCUT2D eigenvalue weighted by molar-refractivity contribution is -0.130. The maximum Gasteiger partial charge on any atom is 0.272 e. The van der Waals surface area contributed by atoms with Crippen molar-refractivity contribution in [2.24, 2.45) is 0 Å². The molecule has 21 heavy (non-hydrogen) atoms. The third kappa shape index (κ3) is 2.89. The number of carbonyl (C=O) groups is 2. The Balaban J connectivity index is 1.62. The molecule has 1 aliphatic heterocycles. The molecule has 2 heterocycles. The van der Waals surface area contributed by atoms with Crippen molar-refractivity contribution in [1.29, 1.82) is 0 Å². The molecule has 0 spiro atoms. The van der Waals surface area contributed by atoms with Gasteiger partial charge < -0.3 is 10.2 Å². The van der Waals surface area contributed by atoms with Crippen LogP contribution >= 0.6 is 0 Å². The van der Waals surface area contributed by atoms with Gasteiger partial charge in [-0.3, -0.25) is 14.7 Å². The van der Waals surface area contributed by atoms with Gasteiger partial charge in [0.05, 0.1) is 12.1 Å². The smallest absolute Gasteiger partial charge is 0.272 e. The number of benzene rings is 1. The second-order valence-corrected chi connectivity index (χ2v) is 5.24. The van der Waals surface area contributed by atoms with Crippen LogP contribution in [0.15, 0.2) is 24.3 Å². The molecule has 0 atom stereocenters. The number of nitrogens with zero attached hydrogens (tertiary/aromatic N) is 2. The quantitative estimate of drug-likeness (QED) is 0.893. The number of fused-ring (bicyclic) bond motifs is 1. The predicted molar refractivity (Wildman–Crippen MR) is 78.9 cm³/mol. The summed E-state index contributed by atoms with van der Waals surface area (Å²) in [5, 5.41) is 10.3. The molecule has 110 valence electrons. The lowest BCUT2D eigenvalue weighted by Crippen LogP contribution is -2.42. The van der Waals surface area contributed by atoms with Crippen molar-refractivity contribution < 1.29 is 9.59 Å². The average molecular weight is 286 g/mol. The third-order valence-corrected chi connectivity index (χ3v) is 3.79. The van der Waals surface area contributed by atoms with Crippen LogP contribution in [0.2, 0.25) is 0 Å². The lowest BCUT2D eigenvalue weighted by Gasteiger charge is -2.26. The van der Waals surface area contributed by atoms with Gasteiger partial charge >= 0.3 is 0 Å². The molecular formula is C15H18N4O2. The highest BCUT2D eigenvalue weighted by Gasteiger charge is 2.19. The zero-order valence-corrected chi connectivity index (χ0v) is 11.8. The number of hydrogen-bond acceptors (Lipinski definition) is 3. The number of aromatic nitrogens is 2. The van der Waals surface area contributed by atoms with Crippen molar-refractivity contribution in [2.45, 2.75) is 19.3 Å². The van der Waals surface area contributed by atoms with Gasteiger partial charge in [0, 0.05) is 18.5 Å². The van der Waals surface area contributed by atoms with E-state index in [-0.39, 0.29) is 18.4 Å². The number of para-hydroxylation sites is 1. The summed E-state index contributed by atoms with van der Waals surface area (Å²) in [5.41, 5.74) is 1.14. The van der Waals surface area contributed by atoms with E-state index in [1.165, 1.54) is 6.42 Å². The summed E-state index contributed by atoms with van der Waals surface area (Å²) in [6, 6.07) is 7.42. The van der Waals surface area contributed by atoms with Crippen LogP contribution in [0, 0.1) is 0 Å². The van der Waals surface area contributed by atoms with Crippen LogP contribution in [-0.4, -0.2) is 46.5 Å². The molecule has 1 aromatic heterocycles. The van der Waals surface area contributed by atoms with Crippen LogP contribution in [-0.2, 0) is 4.79 Å². The first-order valence-corrected chi connectivity index (χ1v) is 7.25. The van der Waals surface area contributed by atoms with Crippen molar-refractivity contribution in [3.8, 4) is 0 Å². The van der Waals surface area contributed by atoms with E-state index in [0.717, 1.165) is 36.8 Å². The maximum atomic E-state index is 12.1. The second kappa shape index (κ2) is 5.95. The van der Waals surface area contributed by atoms with E-state index >= 15 is 0 Å². The van der Waals surface area contributed by atoms with Gasteiger partial charge in [0.25, 0.3) is 5.91 Å². The Morgan fingerprint density at radius 2 is 1.95 bits per heavy atom. The fourth-order valence-corrected chi connectivity index (χ4v) is 2.63. The first kappa shape index (κ1) is 13.6. The molecule has 0 aliphatic carbocycles. The van der Waals surface area contributed by atoms with Crippen molar-refractivity contribution in [3.05, 3.63) is 30.0 Å². The van der Waals surface area contributed by atoms with E-state index in [4.69, 9.17) is 0 Å². The molecule has 2 amide bonds. The standard InChI is InChI=1S/C15H18N4O2/c20-13(19-8-4-1-5-9-19)10-16-15(21)14-11-6-2-3-7-12(11)17-18-14/h2-3,6-7H,1,4-5,8-10H2,(H,16,21)(H,17,18). The van der Waals surface area contributed by atoms with Crippen LogP contribution < -0.4 is 5.32 Å². The Morgan fingerprint density at radius 1 is 1.19 bits per heavy atom. The molecule has 6 heteroatoms. The normalized spacial score (nSPS) is 15.1. The van der Waals surface area contributed by atoms with Crippen molar-refractivity contribution in [2.75, 3.05) is 19.6 Å². The molecule has 6 nitrogen and oxygen atoms in total. The monoisotopic (exact) mass is 286 g/mol. The van der Waals surface area contributed by atoms with Crippen LogP contribution in [0.4, 0.5) is 0 Å². The summed E-state index contributed by atoms with van der Waals surface area (Å²) in [4.78, 5) is 26.0. The van der Waals surface area contributed by atoms with Crippen molar-refractivity contribution >= 4 is 22.7 Å². The SMILES string of the molecule is O=C(NCC(=O)N1CCCCC1)c1n[nH]c2ccccc12. The van der Waals surface area contributed by atoms with Crippen molar-refractivity contribution in [3.63, 3.8) is 0 Å². The minimum Gasteiger partial charge on any atom is -0.342 e. The number of piperidine rings is 1. The van der Waals surface area contributed by atoms with E-state index in [1.807, 2.05) is 29.2 Å². The number of amides is 2. The molecule has 1 aromatic carbocycles.